The van der Waals surface area contributed by atoms with Gasteiger partial charge in [0.05, 0.1) is 5.41 Å². The molecule has 0 saturated heterocycles. The van der Waals surface area contributed by atoms with Gasteiger partial charge in [0.2, 0.25) is 5.91 Å². The first kappa shape index (κ1) is 14.4. The van der Waals surface area contributed by atoms with Crippen molar-refractivity contribution in [2.75, 3.05) is 13.2 Å². The Kier molecular flexibility index (Phi) is 4.83. The van der Waals surface area contributed by atoms with Crippen LogP contribution in [-0.2, 0) is 10.2 Å². The van der Waals surface area contributed by atoms with Crippen LogP contribution in [0.15, 0.2) is 24.3 Å². The molecule has 2 rings (SSSR count). The van der Waals surface area contributed by atoms with Crippen molar-refractivity contribution in [3.05, 3.63) is 34.9 Å². The van der Waals surface area contributed by atoms with E-state index in [1.54, 1.807) is 0 Å². The van der Waals surface area contributed by atoms with Crippen molar-refractivity contribution >= 4 is 17.5 Å². The molecule has 1 aliphatic carbocycles. The van der Waals surface area contributed by atoms with Crippen LogP contribution in [0.3, 0.4) is 0 Å². The monoisotopic (exact) mass is 281 g/mol. The van der Waals surface area contributed by atoms with Gasteiger partial charge in [-0.05, 0) is 49.8 Å². The highest BCUT2D eigenvalue weighted by molar-refractivity contribution is 6.30. The van der Waals surface area contributed by atoms with E-state index in [2.05, 4.69) is 5.32 Å². The van der Waals surface area contributed by atoms with E-state index in [-0.39, 0.29) is 17.9 Å². The van der Waals surface area contributed by atoms with Gasteiger partial charge in [-0.2, -0.15) is 0 Å². The molecule has 0 atom stereocenters. The molecular weight excluding hydrogens is 262 g/mol. The summed E-state index contributed by atoms with van der Waals surface area (Å²) in [6.45, 7) is 0.914. The van der Waals surface area contributed by atoms with Crippen LogP contribution in [0, 0.1) is 0 Å². The normalized spacial score (nSPS) is 16.1. The van der Waals surface area contributed by atoms with Crippen molar-refractivity contribution < 1.29 is 9.90 Å². The van der Waals surface area contributed by atoms with Crippen molar-refractivity contribution in [1.29, 1.82) is 0 Å². The van der Waals surface area contributed by atoms with Crippen LogP contribution in [0.4, 0.5) is 0 Å². The minimum atomic E-state index is -0.318. The molecule has 0 spiro atoms. The fourth-order valence-electron chi connectivity index (χ4n) is 2.33. The maximum Gasteiger partial charge on any atom is 0.230 e. The predicted octanol–water partition coefficient (Wildman–Crippen LogP) is 2.65. The zero-order valence-electron chi connectivity index (χ0n) is 11.0. The number of carbonyl (C=O) groups excluding carboxylic acids is 1. The Balaban J connectivity index is 1.86. The van der Waals surface area contributed by atoms with Crippen LogP contribution in [0.25, 0.3) is 0 Å². The SMILES string of the molecule is O=C(NCCCCCO)C1(c2ccc(Cl)cc2)CC1. The Morgan fingerprint density at radius 1 is 1.21 bits per heavy atom. The maximum absolute atomic E-state index is 12.3. The standard InChI is InChI=1S/C15H20ClNO2/c16-13-6-4-12(5-7-13)15(8-9-15)14(19)17-10-2-1-3-11-18/h4-7,18H,1-3,8-11H2,(H,17,19). The first-order chi connectivity index (χ1) is 9.19. The molecule has 1 saturated carbocycles. The van der Waals surface area contributed by atoms with Crippen molar-refractivity contribution in [3.8, 4) is 0 Å². The van der Waals surface area contributed by atoms with E-state index in [4.69, 9.17) is 16.7 Å². The number of carbonyl (C=O) groups is 1. The largest absolute Gasteiger partial charge is 0.396 e. The van der Waals surface area contributed by atoms with Gasteiger partial charge in [0.25, 0.3) is 0 Å². The molecular formula is C15H20ClNO2. The molecule has 0 bridgehead atoms. The van der Waals surface area contributed by atoms with Crippen LogP contribution >= 0.6 is 11.6 Å². The van der Waals surface area contributed by atoms with E-state index in [1.807, 2.05) is 24.3 Å². The first-order valence-corrected chi connectivity index (χ1v) is 7.22. The number of unbranched alkanes of at least 4 members (excludes halogenated alkanes) is 2. The highest BCUT2D eigenvalue weighted by atomic mass is 35.5. The minimum Gasteiger partial charge on any atom is -0.396 e. The van der Waals surface area contributed by atoms with Gasteiger partial charge >= 0.3 is 0 Å². The molecule has 4 heteroatoms. The summed E-state index contributed by atoms with van der Waals surface area (Å²) < 4.78 is 0. The van der Waals surface area contributed by atoms with Gasteiger partial charge in [-0.1, -0.05) is 23.7 Å². The van der Waals surface area contributed by atoms with Crippen molar-refractivity contribution in [2.24, 2.45) is 0 Å². The molecule has 2 N–H and O–H groups in total. The zero-order valence-corrected chi connectivity index (χ0v) is 11.7. The quantitative estimate of drug-likeness (QED) is 0.755. The third kappa shape index (κ3) is 3.48. The average Bonchev–Trinajstić information content (AvgIpc) is 3.21. The molecule has 1 fully saturated rings. The van der Waals surface area contributed by atoms with E-state index in [0.29, 0.717) is 11.6 Å². The summed E-state index contributed by atoms with van der Waals surface area (Å²) in [5.41, 5.74) is 0.742. The molecule has 0 aliphatic heterocycles. The van der Waals surface area contributed by atoms with Crippen LogP contribution in [-0.4, -0.2) is 24.2 Å². The molecule has 0 radical (unpaired) electrons. The molecule has 1 aliphatic rings. The smallest absolute Gasteiger partial charge is 0.230 e. The summed E-state index contributed by atoms with van der Waals surface area (Å²) in [6, 6.07) is 7.57. The number of aliphatic hydroxyl groups excluding tert-OH is 1. The lowest BCUT2D eigenvalue weighted by molar-refractivity contribution is -0.123. The van der Waals surface area contributed by atoms with Crippen molar-refractivity contribution in [1.82, 2.24) is 5.32 Å². The summed E-state index contributed by atoms with van der Waals surface area (Å²) >= 11 is 5.87. The molecule has 0 unspecified atom stereocenters. The summed E-state index contributed by atoms with van der Waals surface area (Å²) in [5.74, 6) is 0.124. The summed E-state index contributed by atoms with van der Waals surface area (Å²) in [5, 5.41) is 12.4. The highest BCUT2D eigenvalue weighted by Gasteiger charge is 2.50. The predicted molar refractivity (Wildman–Crippen MR) is 76.3 cm³/mol. The molecule has 1 aromatic rings. The van der Waals surface area contributed by atoms with Gasteiger partial charge < -0.3 is 10.4 Å². The van der Waals surface area contributed by atoms with Crippen LogP contribution in [0.5, 0.6) is 0 Å². The molecule has 1 amide bonds. The van der Waals surface area contributed by atoms with E-state index in [9.17, 15) is 4.79 Å². The Hall–Kier alpha value is -1.06. The highest BCUT2D eigenvalue weighted by Crippen LogP contribution is 2.48. The van der Waals surface area contributed by atoms with Crippen LogP contribution in [0.2, 0.25) is 5.02 Å². The Labute approximate surface area is 119 Å². The van der Waals surface area contributed by atoms with Crippen molar-refractivity contribution in [2.45, 2.75) is 37.5 Å². The molecule has 3 nitrogen and oxygen atoms in total. The fourth-order valence-corrected chi connectivity index (χ4v) is 2.45. The maximum atomic E-state index is 12.3. The van der Waals surface area contributed by atoms with E-state index < -0.39 is 0 Å². The summed E-state index contributed by atoms with van der Waals surface area (Å²) in [4.78, 5) is 12.3. The molecule has 0 heterocycles. The van der Waals surface area contributed by atoms with E-state index >= 15 is 0 Å². The number of hydrogen-bond donors (Lipinski definition) is 2. The second-order valence-electron chi connectivity index (χ2n) is 5.13. The fraction of sp³-hybridized carbons (Fsp3) is 0.533. The number of nitrogens with one attached hydrogen (secondary N) is 1. The van der Waals surface area contributed by atoms with Gasteiger partial charge in [0.15, 0.2) is 0 Å². The average molecular weight is 282 g/mol. The first-order valence-electron chi connectivity index (χ1n) is 6.84. The molecule has 104 valence electrons. The number of aliphatic hydroxyl groups is 1. The lowest BCUT2D eigenvalue weighted by Crippen LogP contribution is -2.35. The third-order valence-corrected chi connectivity index (χ3v) is 3.95. The number of halogens is 1. The van der Waals surface area contributed by atoms with Crippen LogP contribution in [0.1, 0.15) is 37.7 Å². The van der Waals surface area contributed by atoms with E-state index in [1.165, 1.54) is 0 Å². The number of amides is 1. The molecule has 1 aromatic carbocycles. The Morgan fingerprint density at radius 3 is 2.47 bits per heavy atom. The lowest BCUT2D eigenvalue weighted by atomic mass is 9.95. The lowest BCUT2D eigenvalue weighted by Gasteiger charge is -2.15. The van der Waals surface area contributed by atoms with E-state index in [0.717, 1.165) is 37.7 Å². The summed E-state index contributed by atoms with van der Waals surface area (Å²) in [7, 11) is 0. The minimum absolute atomic E-state index is 0.124. The molecule has 0 aromatic heterocycles. The van der Waals surface area contributed by atoms with Gasteiger partial charge in [-0.3, -0.25) is 4.79 Å². The van der Waals surface area contributed by atoms with Crippen molar-refractivity contribution in [3.63, 3.8) is 0 Å². The van der Waals surface area contributed by atoms with Gasteiger partial charge in [-0.15, -0.1) is 0 Å². The molecule has 19 heavy (non-hydrogen) atoms. The second-order valence-corrected chi connectivity index (χ2v) is 5.57. The zero-order chi connectivity index (χ0) is 13.7. The third-order valence-electron chi connectivity index (χ3n) is 3.70. The second kappa shape index (κ2) is 6.40. The number of benzene rings is 1. The van der Waals surface area contributed by atoms with Crippen LogP contribution < -0.4 is 5.32 Å². The van der Waals surface area contributed by atoms with Gasteiger partial charge in [0.1, 0.15) is 0 Å². The Bertz CT molecular complexity index is 426. The number of hydrogen-bond acceptors (Lipinski definition) is 2. The summed E-state index contributed by atoms with van der Waals surface area (Å²) in [6.07, 6.45) is 4.50. The number of rotatable bonds is 7. The Morgan fingerprint density at radius 2 is 1.89 bits per heavy atom. The van der Waals surface area contributed by atoms with Gasteiger partial charge in [-0.25, -0.2) is 0 Å². The topological polar surface area (TPSA) is 49.3 Å². The van der Waals surface area contributed by atoms with Gasteiger partial charge in [0, 0.05) is 18.2 Å².